The molecule has 4 nitrogen and oxygen atoms in total. The van der Waals surface area contributed by atoms with Crippen LogP contribution < -0.4 is 10.1 Å². The number of aromatic nitrogens is 2. The zero-order valence-electron chi connectivity index (χ0n) is 12.1. The third-order valence-electron chi connectivity index (χ3n) is 4.11. The minimum Gasteiger partial charge on any atom is -0.481 e. The maximum Gasteiger partial charge on any atom is 0.216 e. The van der Waals surface area contributed by atoms with Gasteiger partial charge < -0.3 is 10.1 Å². The van der Waals surface area contributed by atoms with Gasteiger partial charge in [0.05, 0.1) is 7.11 Å². The fraction of sp³-hybridized carbons (Fsp3) is 0.733. The van der Waals surface area contributed by atoms with Gasteiger partial charge in [0, 0.05) is 24.2 Å². The lowest BCUT2D eigenvalue weighted by Crippen LogP contribution is -2.31. The summed E-state index contributed by atoms with van der Waals surface area (Å²) in [6, 6.07) is 2.44. The van der Waals surface area contributed by atoms with Crippen LogP contribution in [0.3, 0.4) is 0 Å². The van der Waals surface area contributed by atoms with E-state index in [9.17, 15) is 0 Å². The lowest BCUT2D eigenvalue weighted by molar-refractivity contribution is 0.302. The smallest absolute Gasteiger partial charge is 0.216 e. The first kappa shape index (κ1) is 14.3. The van der Waals surface area contributed by atoms with E-state index in [1.54, 1.807) is 13.4 Å². The summed E-state index contributed by atoms with van der Waals surface area (Å²) < 4.78 is 5.15. The highest BCUT2D eigenvalue weighted by Gasteiger charge is 2.18. The number of ether oxygens (including phenoxy) is 1. The van der Waals surface area contributed by atoms with E-state index in [0.29, 0.717) is 11.9 Å². The molecule has 4 heteroatoms. The van der Waals surface area contributed by atoms with E-state index in [4.69, 9.17) is 4.74 Å². The van der Waals surface area contributed by atoms with Crippen LogP contribution in [0.15, 0.2) is 12.4 Å². The van der Waals surface area contributed by atoms with E-state index in [1.165, 1.54) is 38.5 Å². The zero-order valence-corrected chi connectivity index (χ0v) is 12.1. The van der Waals surface area contributed by atoms with Crippen molar-refractivity contribution in [2.75, 3.05) is 14.2 Å². The van der Waals surface area contributed by atoms with Crippen molar-refractivity contribution in [1.82, 2.24) is 15.3 Å². The highest BCUT2D eigenvalue weighted by Crippen LogP contribution is 2.28. The van der Waals surface area contributed by atoms with Crippen LogP contribution >= 0.6 is 0 Å². The third kappa shape index (κ3) is 4.46. The van der Waals surface area contributed by atoms with Crippen molar-refractivity contribution in [3.8, 4) is 5.88 Å². The second kappa shape index (κ2) is 7.43. The predicted molar refractivity (Wildman–Crippen MR) is 76.3 cm³/mol. The SMILES string of the molecule is CNC(Cc1cc(OC)ncn1)CC1CCCCC1. The lowest BCUT2D eigenvalue weighted by Gasteiger charge is -2.26. The van der Waals surface area contributed by atoms with E-state index >= 15 is 0 Å². The minimum absolute atomic E-state index is 0.503. The van der Waals surface area contributed by atoms with Gasteiger partial charge in [-0.25, -0.2) is 9.97 Å². The maximum absolute atomic E-state index is 5.15. The van der Waals surface area contributed by atoms with E-state index in [-0.39, 0.29) is 0 Å². The Bertz CT molecular complexity index is 377. The number of rotatable bonds is 6. The molecule has 0 bridgehead atoms. The van der Waals surface area contributed by atoms with Crippen molar-refractivity contribution in [2.45, 2.75) is 51.0 Å². The fourth-order valence-electron chi connectivity index (χ4n) is 2.98. The van der Waals surface area contributed by atoms with Gasteiger partial charge in [-0.15, -0.1) is 0 Å². The van der Waals surface area contributed by atoms with Gasteiger partial charge in [0.25, 0.3) is 0 Å². The molecule has 0 radical (unpaired) electrons. The van der Waals surface area contributed by atoms with Crippen LogP contribution in [0.2, 0.25) is 0 Å². The number of hydrogen-bond acceptors (Lipinski definition) is 4. The molecular weight excluding hydrogens is 238 g/mol. The van der Waals surface area contributed by atoms with Gasteiger partial charge in [0.1, 0.15) is 6.33 Å². The number of methoxy groups -OCH3 is 1. The van der Waals surface area contributed by atoms with Gasteiger partial charge in [-0.3, -0.25) is 0 Å². The monoisotopic (exact) mass is 263 g/mol. The first-order valence-corrected chi connectivity index (χ1v) is 7.34. The Hall–Kier alpha value is -1.16. The van der Waals surface area contributed by atoms with Crippen LogP contribution in [-0.4, -0.2) is 30.2 Å². The average Bonchev–Trinajstić information content (AvgIpc) is 2.48. The Labute approximate surface area is 116 Å². The van der Waals surface area contributed by atoms with Crippen LogP contribution in [0.5, 0.6) is 5.88 Å². The molecule has 1 aromatic rings. The van der Waals surface area contributed by atoms with E-state index in [1.807, 2.05) is 13.1 Å². The first-order valence-electron chi connectivity index (χ1n) is 7.34. The summed E-state index contributed by atoms with van der Waals surface area (Å²) in [5.41, 5.74) is 1.06. The molecular formula is C15H25N3O. The Morgan fingerprint density at radius 1 is 1.32 bits per heavy atom. The van der Waals surface area contributed by atoms with Crippen LogP contribution in [0.1, 0.15) is 44.2 Å². The summed E-state index contributed by atoms with van der Waals surface area (Å²) in [4.78, 5) is 8.39. The molecule has 1 atom stereocenters. The molecule has 1 aliphatic carbocycles. The Morgan fingerprint density at radius 3 is 2.79 bits per heavy atom. The molecule has 0 amide bonds. The number of nitrogens with zero attached hydrogens (tertiary/aromatic N) is 2. The Kier molecular flexibility index (Phi) is 5.58. The predicted octanol–water partition coefficient (Wildman–Crippen LogP) is 2.59. The van der Waals surface area contributed by atoms with Gasteiger partial charge in [-0.05, 0) is 19.4 Å². The molecule has 0 saturated heterocycles. The van der Waals surface area contributed by atoms with E-state index < -0.39 is 0 Å². The molecule has 1 unspecified atom stereocenters. The summed E-state index contributed by atoms with van der Waals surface area (Å²) in [6.45, 7) is 0. The molecule has 106 valence electrons. The quantitative estimate of drug-likeness (QED) is 0.857. The Balaban J connectivity index is 1.90. The van der Waals surface area contributed by atoms with Crippen molar-refractivity contribution < 1.29 is 4.74 Å². The van der Waals surface area contributed by atoms with Crippen molar-refractivity contribution >= 4 is 0 Å². The van der Waals surface area contributed by atoms with Crippen LogP contribution in [0.25, 0.3) is 0 Å². The number of likely N-dealkylation sites (N-methyl/N-ethyl adjacent to an activating group) is 1. The van der Waals surface area contributed by atoms with Gasteiger partial charge in [-0.1, -0.05) is 32.1 Å². The summed E-state index contributed by atoms with van der Waals surface area (Å²) in [7, 11) is 3.69. The first-order chi connectivity index (χ1) is 9.31. The van der Waals surface area contributed by atoms with Gasteiger partial charge in [0.2, 0.25) is 5.88 Å². The van der Waals surface area contributed by atoms with Gasteiger partial charge >= 0.3 is 0 Å². The van der Waals surface area contributed by atoms with Crippen molar-refractivity contribution in [2.24, 2.45) is 5.92 Å². The standard InChI is InChI=1S/C15H25N3O/c1-16-13(8-12-6-4-3-5-7-12)9-14-10-15(19-2)18-11-17-14/h10-13,16H,3-9H2,1-2H3. The molecule has 1 aromatic heterocycles. The van der Waals surface area contributed by atoms with Gasteiger partial charge in [-0.2, -0.15) is 0 Å². The highest BCUT2D eigenvalue weighted by molar-refractivity contribution is 5.14. The zero-order chi connectivity index (χ0) is 13.5. The molecule has 1 N–H and O–H groups in total. The summed E-state index contributed by atoms with van der Waals surface area (Å²) in [6.07, 6.45) is 10.8. The molecule has 1 aliphatic rings. The summed E-state index contributed by atoms with van der Waals surface area (Å²) >= 11 is 0. The van der Waals surface area contributed by atoms with E-state index in [2.05, 4.69) is 15.3 Å². The molecule has 1 fully saturated rings. The molecule has 2 rings (SSSR count). The Morgan fingerprint density at radius 2 is 2.11 bits per heavy atom. The molecule has 0 spiro atoms. The second-order valence-electron chi connectivity index (χ2n) is 5.48. The lowest BCUT2D eigenvalue weighted by atomic mass is 9.84. The summed E-state index contributed by atoms with van der Waals surface area (Å²) in [5, 5.41) is 3.43. The minimum atomic E-state index is 0.503. The van der Waals surface area contributed by atoms with Crippen LogP contribution in [-0.2, 0) is 6.42 Å². The fourth-order valence-corrected chi connectivity index (χ4v) is 2.98. The van der Waals surface area contributed by atoms with E-state index in [0.717, 1.165) is 18.0 Å². The maximum atomic E-state index is 5.15. The molecule has 1 heterocycles. The van der Waals surface area contributed by atoms with Crippen molar-refractivity contribution in [1.29, 1.82) is 0 Å². The molecule has 1 saturated carbocycles. The van der Waals surface area contributed by atoms with Crippen molar-refractivity contribution in [3.05, 3.63) is 18.1 Å². The molecule has 0 aliphatic heterocycles. The topological polar surface area (TPSA) is 47.0 Å². The second-order valence-corrected chi connectivity index (χ2v) is 5.48. The van der Waals surface area contributed by atoms with Crippen LogP contribution in [0.4, 0.5) is 0 Å². The molecule has 0 aromatic carbocycles. The van der Waals surface area contributed by atoms with Crippen LogP contribution in [0, 0.1) is 5.92 Å². The largest absolute Gasteiger partial charge is 0.481 e. The number of hydrogen-bond donors (Lipinski definition) is 1. The highest BCUT2D eigenvalue weighted by atomic mass is 16.5. The van der Waals surface area contributed by atoms with Gasteiger partial charge in [0.15, 0.2) is 0 Å². The average molecular weight is 263 g/mol. The van der Waals surface area contributed by atoms with Crippen molar-refractivity contribution in [3.63, 3.8) is 0 Å². The number of nitrogens with one attached hydrogen (secondary N) is 1. The normalized spacial score (nSPS) is 18.2. The third-order valence-corrected chi connectivity index (χ3v) is 4.11. The molecule has 19 heavy (non-hydrogen) atoms. The summed E-state index contributed by atoms with van der Waals surface area (Å²) in [5.74, 6) is 1.53.